The average Bonchev–Trinajstić information content (AvgIpc) is 3.03. The number of pyridine rings is 1. The van der Waals surface area contributed by atoms with Crippen molar-refractivity contribution in [2.45, 2.75) is 19.9 Å². The molecule has 1 aliphatic heterocycles. The smallest absolute Gasteiger partial charge is 0.333 e. The molecule has 0 radical (unpaired) electrons. The number of carbonyl (C=O) groups is 1. The van der Waals surface area contributed by atoms with Gasteiger partial charge in [-0.1, -0.05) is 36.9 Å². The number of nitrogens with zero attached hydrogens (tertiary/aromatic N) is 2. The molecule has 130 valence electrons. The Hall–Kier alpha value is -3.27. The van der Waals surface area contributed by atoms with E-state index in [-0.39, 0.29) is 6.04 Å². The molecule has 0 spiro atoms. The van der Waals surface area contributed by atoms with E-state index < -0.39 is 5.97 Å². The molecule has 0 bridgehead atoms. The summed E-state index contributed by atoms with van der Waals surface area (Å²) in [5.41, 5.74) is 4.43. The molecule has 2 heterocycles. The summed E-state index contributed by atoms with van der Waals surface area (Å²) in [6.07, 6.45) is 9.15. The topological polar surface area (TPSA) is 62.5 Å². The molecule has 0 fully saturated rings. The number of aliphatic carboxylic acids is 1. The fraction of sp³-hybridized carbons (Fsp3) is 0.136. The number of benzene rings is 1. The summed E-state index contributed by atoms with van der Waals surface area (Å²) < 4.78 is 0. The zero-order valence-corrected chi connectivity index (χ0v) is 14.8. The Morgan fingerprint density at radius 2 is 2.08 bits per heavy atom. The van der Waals surface area contributed by atoms with Crippen LogP contribution >= 0.6 is 0 Å². The summed E-state index contributed by atoms with van der Waals surface area (Å²) in [6.45, 7) is 7.85. The van der Waals surface area contributed by atoms with Crippen molar-refractivity contribution in [3.8, 4) is 0 Å². The number of fused-ring (bicyclic) bond motifs is 1. The molecular formula is C22H20N2O2. The van der Waals surface area contributed by atoms with E-state index in [0.717, 1.165) is 27.6 Å². The van der Waals surface area contributed by atoms with E-state index in [1.807, 2.05) is 55.5 Å². The molecule has 0 saturated heterocycles. The van der Waals surface area contributed by atoms with Crippen molar-refractivity contribution in [2.75, 3.05) is 0 Å². The minimum absolute atomic E-state index is 0.299. The van der Waals surface area contributed by atoms with Gasteiger partial charge in [-0.3, -0.25) is 9.98 Å². The highest BCUT2D eigenvalue weighted by Crippen LogP contribution is 2.24. The molecule has 1 N–H and O–H groups in total. The highest BCUT2D eigenvalue weighted by molar-refractivity contribution is 6.16. The van der Waals surface area contributed by atoms with Gasteiger partial charge in [-0.15, -0.1) is 0 Å². The molecule has 1 aromatic carbocycles. The van der Waals surface area contributed by atoms with Crippen molar-refractivity contribution in [1.82, 2.24) is 4.98 Å². The summed E-state index contributed by atoms with van der Waals surface area (Å²) in [4.78, 5) is 20.2. The lowest BCUT2D eigenvalue weighted by Gasteiger charge is -2.06. The number of rotatable bonds is 5. The summed E-state index contributed by atoms with van der Waals surface area (Å²) in [6, 6.07) is 9.61. The highest BCUT2D eigenvalue weighted by atomic mass is 16.4. The first-order valence-electron chi connectivity index (χ1n) is 8.41. The molecule has 3 rings (SSSR count). The van der Waals surface area contributed by atoms with E-state index in [2.05, 4.69) is 16.6 Å². The van der Waals surface area contributed by atoms with Gasteiger partial charge in [0.2, 0.25) is 0 Å². The number of carboxylic acids is 1. The summed E-state index contributed by atoms with van der Waals surface area (Å²) in [5, 5.41) is 10.3. The first kappa shape index (κ1) is 17.5. The second-order valence-corrected chi connectivity index (χ2v) is 6.14. The van der Waals surface area contributed by atoms with Crippen LogP contribution in [0.5, 0.6) is 0 Å². The maximum absolute atomic E-state index is 11.3. The third-order valence-corrected chi connectivity index (χ3v) is 4.25. The minimum Gasteiger partial charge on any atom is -0.478 e. The van der Waals surface area contributed by atoms with E-state index in [0.29, 0.717) is 11.3 Å². The average molecular weight is 344 g/mol. The largest absolute Gasteiger partial charge is 0.478 e. The molecule has 1 atom stereocenters. The lowest BCUT2D eigenvalue weighted by molar-refractivity contribution is -0.132. The van der Waals surface area contributed by atoms with Gasteiger partial charge in [0.1, 0.15) is 0 Å². The van der Waals surface area contributed by atoms with E-state index in [1.54, 1.807) is 19.2 Å². The number of hydrogen-bond acceptors (Lipinski definition) is 3. The zero-order valence-electron chi connectivity index (χ0n) is 14.8. The van der Waals surface area contributed by atoms with Crippen LogP contribution in [0.15, 0.2) is 83.6 Å². The lowest BCUT2D eigenvalue weighted by atomic mass is 10.0. The van der Waals surface area contributed by atoms with Crippen LogP contribution in [0, 0.1) is 0 Å². The van der Waals surface area contributed by atoms with Gasteiger partial charge < -0.3 is 5.11 Å². The van der Waals surface area contributed by atoms with Crippen molar-refractivity contribution in [3.05, 3.63) is 84.1 Å². The van der Waals surface area contributed by atoms with E-state index >= 15 is 0 Å². The number of allylic oxidation sites excluding steroid dienone is 6. The van der Waals surface area contributed by atoms with Gasteiger partial charge in [0.25, 0.3) is 0 Å². The van der Waals surface area contributed by atoms with E-state index in [4.69, 9.17) is 0 Å². The third kappa shape index (κ3) is 3.54. The predicted molar refractivity (Wildman–Crippen MR) is 106 cm³/mol. The molecule has 0 saturated carbocycles. The maximum atomic E-state index is 11.3. The maximum Gasteiger partial charge on any atom is 0.333 e. The standard InChI is InChI=1S/C22H20N2O2/c1-4-7-16(21-12-19(22(25)26)15(3)24-21)10-14(2)18-11-17-8-5-6-9-20(17)23-13-18/h4-13,15H,2H2,1,3H3,(H,25,26)/b7-4-,16-10+. The zero-order chi connectivity index (χ0) is 18.7. The van der Waals surface area contributed by atoms with Gasteiger partial charge in [-0.25, -0.2) is 4.79 Å². The molecule has 1 aromatic heterocycles. The molecule has 26 heavy (non-hydrogen) atoms. The van der Waals surface area contributed by atoms with Gasteiger partial charge in [0, 0.05) is 17.1 Å². The van der Waals surface area contributed by atoms with Crippen LogP contribution in [-0.2, 0) is 4.79 Å². The second kappa shape index (κ2) is 7.31. The van der Waals surface area contributed by atoms with Crippen molar-refractivity contribution in [2.24, 2.45) is 4.99 Å². The van der Waals surface area contributed by atoms with Gasteiger partial charge in [-0.2, -0.15) is 0 Å². The quantitative estimate of drug-likeness (QED) is 0.806. The number of hydrogen-bond donors (Lipinski definition) is 1. The van der Waals surface area contributed by atoms with Crippen molar-refractivity contribution in [3.63, 3.8) is 0 Å². The van der Waals surface area contributed by atoms with Crippen molar-refractivity contribution in [1.29, 1.82) is 0 Å². The SMILES string of the molecule is C=C(/C=C(\C=C/C)C1=NC(C)C(C(=O)O)=C1)c1cnc2ccccc2c1. The molecule has 1 aliphatic rings. The Morgan fingerprint density at radius 3 is 2.77 bits per heavy atom. The minimum atomic E-state index is -0.936. The Morgan fingerprint density at radius 1 is 1.31 bits per heavy atom. The molecule has 4 nitrogen and oxygen atoms in total. The van der Waals surface area contributed by atoms with E-state index in [9.17, 15) is 9.90 Å². The number of carboxylic acid groups (broad SMARTS) is 1. The van der Waals surface area contributed by atoms with Gasteiger partial charge in [-0.05, 0) is 49.3 Å². The molecule has 0 amide bonds. The number of aliphatic imine (C=N–C) groups is 1. The molecule has 2 aromatic rings. The Balaban J connectivity index is 1.97. The van der Waals surface area contributed by atoms with Crippen LogP contribution in [0.25, 0.3) is 16.5 Å². The van der Waals surface area contributed by atoms with Crippen LogP contribution in [0.3, 0.4) is 0 Å². The molecular weight excluding hydrogens is 324 g/mol. The Labute approximate surface area is 152 Å². The normalized spacial score (nSPS) is 17.5. The monoisotopic (exact) mass is 344 g/mol. The number of aromatic nitrogens is 1. The predicted octanol–water partition coefficient (Wildman–Crippen LogP) is 4.60. The Kier molecular flexibility index (Phi) is 4.94. The van der Waals surface area contributed by atoms with E-state index in [1.165, 1.54) is 0 Å². The Bertz CT molecular complexity index is 1010. The molecule has 4 heteroatoms. The third-order valence-electron chi connectivity index (χ3n) is 4.25. The summed E-state index contributed by atoms with van der Waals surface area (Å²) >= 11 is 0. The van der Waals surface area contributed by atoms with Gasteiger partial charge in [0.15, 0.2) is 0 Å². The first-order chi connectivity index (χ1) is 12.5. The lowest BCUT2D eigenvalue weighted by Crippen LogP contribution is -2.08. The van der Waals surface area contributed by atoms with Crippen LogP contribution in [0.1, 0.15) is 19.4 Å². The van der Waals surface area contributed by atoms with Crippen LogP contribution in [0.2, 0.25) is 0 Å². The summed E-state index contributed by atoms with van der Waals surface area (Å²) in [5.74, 6) is -0.936. The summed E-state index contributed by atoms with van der Waals surface area (Å²) in [7, 11) is 0. The van der Waals surface area contributed by atoms with Gasteiger partial charge >= 0.3 is 5.97 Å². The molecule has 1 unspecified atom stereocenters. The highest BCUT2D eigenvalue weighted by Gasteiger charge is 2.23. The molecule has 0 aliphatic carbocycles. The van der Waals surface area contributed by atoms with Crippen LogP contribution in [-0.4, -0.2) is 27.8 Å². The van der Waals surface area contributed by atoms with Gasteiger partial charge in [0.05, 0.1) is 22.8 Å². The van der Waals surface area contributed by atoms with Crippen LogP contribution in [0.4, 0.5) is 0 Å². The number of para-hydroxylation sites is 1. The van der Waals surface area contributed by atoms with Crippen molar-refractivity contribution < 1.29 is 9.90 Å². The van der Waals surface area contributed by atoms with Crippen LogP contribution < -0.4 is 0 Å². The fourth-order valence-electron chi connectivity index (χ4n) is 2.89. The van der Waals surface area contributed by atoms with Crippen molar-refractivity contribution >= 4 is 28.2 Å². The fourth-order valence-corrected chi connectivity index (χ4v) is 2.89. The first-order valence-corrected chi connectivity index (χ1v) is 8.41. The second-order valence-electron chi connectivity index (χ2n) is 6.14.